The van der Waals surface area contributed by atoms with Gasteiger partial charge in [-0.2, -0.15) is 0 Å². The van der Waals surface area contributed by atoms with Gasteiger partial charge in [0.2, 0.25) is 0 Å². The number of H-pyrrole nitrogens is 1. The lowest BCUT2D eigenvalue weighted by atomic mass is 10.0. The SMILES string of the molecule is CC(C)(C)OC(=O)N1CCC[C@@H](Nc2ccnc3[nH]cc(CC4CC4)c23)C1. The number of anilines is 1. The van der Waals surface area contributed by atoms with Gasteiger partial charge >= 0.3 is 6.09 Å². The maximum atomic E-state index is 12.4. The minimum absolute atomic E-state index is 0.218. The van der Waals surface area contributed by atoms with E-state index < -0.39 is 5.60 Å². The van der Waals surface area contributed by atoms with E-state index in [9.17, 15) is 4.79 Å². The number of aromatic nitrogens is 2. The molecule has 6 heteroatoms. The van der Waals surface area contributed by atoms with Gasteiger partial charge in [-0.15, -0.1) is 0 Å². The van der Waals surface area contributed by atoms with Crippen molar-refractivity contribution < 1.29 is 9.53 Å². The fourth-order valence-corrected chi connectivity index (χ4v) is 3.85. The summed E-state index contributed by atoms with van der Waals surface area (Å²) >= 11 is 0. The van der Waals surface area contributed by atoms with Crippen LogP contribution < -0.4 is 5.32 Å². The van der Waals surface area contributed by atoms with Crippen LogP contribution in [0, 0.1) is 5.92 Å². The van der Waals surface area contributed by atoms with Gasteiger partial charge in [0.05, 0.1) is 0 Å². The van der Waals surface area contributed by atoms with Gasteiger partial charge in [-0.25, -0.2) is 9.78 Å². The lowest BCUT2D eigenvalue weighted by Crippen LogP contribution is -2.47. The number of fused-ring (bicyclic) bond motifs is 1. The van der Waals surface area contributed by atoms with Crippen LogP contribution in [-0.4, -0.2) is 45.7 Å². The maximum absolute atomic E-state index is 12.4. The van der Waals surface area contributed by atoms with E-state index in [1.165, 1.54) is 23.8 Å². The predicted molar refractivity (Wildman–Crippen MR) is 107 cm³/mol. The summed E-state index contributed by atoms with van der Waals surface area (Å²) in [5.41, 5.74) is 2.95. The van der Waals surface area contributed by atoms with Crippen LogP contribution in [0.15, 0.2) is 18.5 Å². The number of carbonyl (C=O) groups excluding carboxylic acids is 1. The lowest BCUT2D eigenvalue weighted by Gasteiger charge is -2.35. The molecule has 1 aliphatic carbocycles. The van der Waals surface area contributed by atoms with E-state index in [1.807, 2.05) is 31.9 Å². The van der Waals surface area contributed by atoms with Crippen molar-refractivity contribution in [1.82, 2.24) is 14.9 Å². The van der Waals surface area contributed by atoms with E-state index in [0.29, 0.717) is 6.54 Å². The highest BCUT2D eigenvalue weighted by molar-refractivity contribution is 5.92. The van der Waals surface area contributed by atoms with Crippen LogP contribution in [-0.2, 0) is 11.2 Å². The zero-order valence-corrected chi connectivity index (χ0v) is 16.5. The van der Waals surface area contributed by atoms with Crippen molar-refractivity contribution in [2.24, 2.45) is 5.92 Å². The molecule has 1 aliphatic heterocycles. The molecule has 0 radical (unpaired) electrons. The number of nitrogens with one attached hydrogen (secondary N) is 2. The van der Waals surface area contributed by atoms with E-state index in [4.69, 9.17) is 4.74 Å². The van der Waals surface area contributed by atoms with Crippen LogP contribution >= 0.6 is 0 Å². The number of likely N-dealkylation sites (tertiary alicyclic amines) is 1. The Labute approximate surface area is 160 Å². The number of amides is 1. The van der Waals surface area contributed by atoms with Crippen LogP contribution in [0.4, 0.5) is 10.5 Å². The molecule has 0 aromatic carbocycles. The number of hydrogen-bond donors (Lipinski definition) is 2. The van der Waals surface area contributed by atoms with Crippen molar-refractivity contribution in [3.63, 3.8) is 0 Å². The summed E-state index contributed by atoms with van der Waals surface area (Å²) in [6.45, 7) is 7.15. The smallest absolute Gasteiger partial charge is 0.410 e. The Morgan fingerprint density at radius 3 is 2.93 bits per heavy atom. The lowest BCUT2D eigenvalue weighted by molar-refractivity contribution is 0.0206. The van der Waals surface area contributed by atoms with Crippen molar-refractivity contribution in [3.8, 4) is 0 Å². The van der Waals surface area contributed by atoms with Gasteiger partial charge in [-0.1, -0.05) is 0 Å². The minimum Gasteiger partial charge on any atom is -0.444 e. The van der Waals surface area contributed by atoms with E-state index in [-0.39, 0.29) is 12.1 Å². The molecular formula is C21H30N4O2. The number of carbonyl (C=O) groups is 1. The zero-order chi connectivity index (χ0) is 19.0. The Morgan fingerprint density at radius 1 is 1.37 bits per heavy atom. The molecule has 0 spiro atoms. The number of pyridine rings is 1. The molecule has 3 heterocycles. The van der Waals surface area contributed by atoms with Gasteiger partial charge in [0.1, 0.15) is 11.2 Å². The molecule has 4 rings (SSSR count). The highest BCUT2D eigenvalue weighted by Crippen LogP contribution is 2.36. The number of piperidine rings is 1. The summed E-state index contributed by atoms with van der Waals surface area (Å²) in [6, 6.07) is 2.28. The van der Waals surface area contributed by atoms with E-state index in [1.54, 1.807) is 0 Å². The average Bonchev–Trinajstić information content (AvgIpc) is 3.32. The molecule has 2 N–H and O–H groups in total. The molecule has 0 unspecified atom stereocenters. The molecule has 0 bridgehead atoms. The third-order valence-corrected chi connectivity index (χ3v) is 5.29. The first-order valence-corrected chi connectivity index (χ1v) is 10.1. The van der Waals surface area contributed by atoms with Crippen molar-refractivity contribution in [2.45, 2.75) is 64.5 Å². The van der Waals surface area contributed by atoms with Crippen LogP contribution in [0.5, 0.6) is 0 Å². The van der Waals surface area contributed by atoms with Gasteiger partial charge in [-0.05, 0) is 70.4 Å². The molecule has 1 atom stereocenters. The zero-order valence-electron chi connectivity index (χ0n) is 16.5. The summed E-state index contributed by atoms with van der Waals surface area (Å²) < 4.78 is 5.55. The molecule has 1 saturated heterocycles. The summed E-state index contributed by atoms with van der Waals surface area (Å²) in [5, 5.41) is 4.89. The highest BCUT2D eigenvalue weighted by atomic mass is 16.6. The fraction of sp³-hybridized carbons (Fsp3) is 0.619. The van der Waals surface area contributed by atoms with Gasteiger partial charge in [0.25, 0.3) is 0 Å². The number of rotatable bonds is 4. The number of ether oxygens (including phenoxy) is 1. The molecular weight excluding hydrogens is 340 g/mol. The summed E-state index contributed by atoms with van der Waals surface area (Å²) in [4.78, 5) is 22.1. The van der Waals surface area contributed by atoms with Crippen molar-refractivity contribution in [2.75, 3.05) is 18.4 Å². The first kappa shape index (κ1) is 18.1. The van der Waals surface area contributed by atoms with Gasteiger partial charge in [-0.3, -0.25) is 0 Å². The molecule has 2 aromatic rings. The standard InChI is InChI=1S/C21H30N4O2/c1-21(2,3)27-20(26)25-10-4-5-16(13-25)24-17-8-9-22-19-18(17)15(12-23-19)11-14-6-7-14/h8-9,12,14,16H,4-7,10-11,13H2,1-3H3,(H2,22,23,24)/t16-/m1/s1. The number of aromatic amines is 1. The van der Waals surface area contributed by atoms with Crippen molar-refractivity contribution in [1.29, 1.82) is 0 Å². The molecule has 2 aliphatic rings. The third-order valence-electron chi connectivity index (χ3n) is 5.29. The summed E-state index contributed by atoms with van der Waals surface area (Å²) in [7, 11) is 0. The molecule has 2 fully saturated rings. The van der Waals surface area contributed by atoms with Crippen molar-refractivity contribution in [3.05, 3.63) is 24.0 Å². The Balaban J connectivity index is 1.48. The molecule has 1 saturated carbocycles. The minimum atomic E-state index is -0.461. The molecule has 27 heavy (non-hydrogen) atoms. The highest BCUT2D eigenvalue weighted by Gasteiger charge is 2.28. The predicted octanol–water partition coefficient (Wildman–Crippen LogP) is 4.33. The van der Waals surface area contributed by atoms with E-state index >= 15 is 0 Å². The second kappa shape index (κ2) is 7.06. The third kappa shape index (κ3) is 4.37. The Hall–Kier alpha value is -2.24. The second-order valence-corrected chi connectivity index (χ2v) is 8.95. The van der Waals surface area contributed by atoms with Crippen LogP contribution in [0.25, 0.3) is 11.0 Å². The Bertz CT molecular complexity index is 819. The van der Waals surface area contributed by atoms with Crippen molar-refractivity contribution >= 4 is 22.8 Å². The van der Waals surface area contributed by atoms with E-state index in [0.717, 1.165) is 43.1 Å². The Kier molecular flexibility index (Phi) is 4.74. The quantitative estimate of drug-likeness (QED) is 0.840. The normalized spacial score (nSPS) is 20.7. The molecule has 146 valence electrons. The summed E-state index contributed by atoms with van der Waals surface area (Å²) in [6.07, 6.45) is 9.55. The Morgan fingerprint density at radius 2 is 2.19 bits per heavy atom. The van der Waals surface area contributed by atoms with E-state index in [2.05, 4.69) is 27.5 Å². The molecule has 6 nitrogen and oxygen atoms in total. The second-order valence-electron chi connectivity index (χ2n) is 8.95. The maximum Gasteiger partial charge on any atom is 0.410 e. The first-order chi connectivity index (χ1) is 12.9. The van der Waals surface area contributed by atoms with Crippen LogP contribution in [0.1, 0.15) is 52.0 Å². The fourth-order valence-electron chi connectivity index (χ4n) is 3.85. The number of hydrogen-bond acceptors (Lipinski definition) is 4. The topological polar surface area (TPSA) is 70.2 Å². The molecule has 1 amide bonds. The van der Waals surface area contributed by atoms with Gasteiger partial charge in [0.15, 0.2) is 0 Å². The van der Waals surface area contributed by atoms with Crippen LogP contribution in [0.2, 0.25) is 0 Å². The first-order valence-electron chi connectivity index (χ1n) is 10.1. The largest absolute Gasteiger partial charge is 0.444 e. The summed E-state index contributed by atoms with van der Waals surface area (Å²) in [5.74, 6) is 0.828. The number of nitrogens with zero attached hydrogens (tertiary/aromatic N) is 2. The van der Waals surface area contributed by atoms with Gasteiger partial charge < -0.3 is 19.9 Å². The van der Waals surface area contributed by atoms with Gasteiger partial charge in [0, 0.05) is 42.6 Å². The molecule has 2 aromatic heterocycles. The van der Waals surface area contributed by atoms with Crippen LogP contribution in [0.3, 0.4) is 0 Å². The monoisotopic (exact) mass is 370 g/mol. The average molecular weight is 370 g/mol.